The Morgan fingerprint density at radius 3 is 2.50 bits per heavy atom. The van der Waals surface area contributed by atoms with Gasteiger partial charge in [-0.15, -0.1) is 0 Å². The van der Waals surface area contributed by atoms with Gasteiger partial charge in [0.1, 0.15) is 12.4 Å². The second-order valence-electron chi connectivity index (χ2n) is 1.33. The lowest BCUT2D eigenvalue weighted by Gasteiger charge is -2.19. The molecular formula is C4H6O2. The summed E-state index contributed by atoms with van der Waals surface area (Å²) in [5.41, 5.74) is 0. The summed E-state index contributed by atoms with van der Waals surface area (Å²) in [5, 5.41) is 0. The Bertz CT molecular complexity index is 56.6. The third-order valence-corrected chi connectivity index (χ3v) is 0.886. The monoisotopic (exact) mass is 86.0 g/mol. The molecule has 34 valence electrons. The first-order valence-corrected chi connectivity index (χ1v) is 2.00. The van der Waals surface area contributed by atoms with E-state index in [0.29, 0.717) is 0 Å². The average Bonchev–Trinajstić information content (AvgIpc) is 1.31. The Hall–Kier alpha value is -0.370. The maximum atomic E-state index is 9.66. The Labute approximate surface area is 36.1 Å². The summed E-state index contributed by atoms with van der Waals surface area (Å²) in [5.74, 6) is 0. The summed E-state index contributed by atoms with van der Waals surface area (Å²) < 4.78 is 4.71. The molecule has 0 saturated carbocycles. The van der Waals surface area contributed by atoms with Gasteiger partial charge in [-0.25, -0.2) is 0 Å². The summed E-state index contributed by atoms with van der Waals surface area (Å²) >= 11 is 0. The molecule has 0 unspecified atom stereocenters. The maximum absolute atomic E-state index is 9.66. The van der Waals surface area contributed by atoms with Gasteiger partial charge in [0.05, 0.1) is 6.61 Å². The van der Waals surface area contributed by atoms with E-state index in [-0.39, 0.29) is 6.10 Å². The van der Waals surface area contributed by atoms with E-state index in [4.69, 9.17) is 4.74 Å². The highest BCUT2D eigenvalue weighted by Crippen LogP contribution is 2.05. The molecule has 1 heterocycles. The normalized spacial score (nSPS) is 31.7. The molecule has 0 aromatic heterocycles. The number of hydrogen-bond acceptors (Lipinski definition) is 2. The number of aldehydes is 1. The van der Waals surface area contributed by atoms with Crippen molar-refractivity contribution in [3.63, 3.8) is 0 Å². The standard InChI is InChI=1S/C4H6O2/c5-3-4-1-2-6-4/h3-4H,1-2H2/t4-/m1/s1. The molecule has 0 aromatic rings. The van der Waals surface area contributed by atoms with Crippen LogP contribution in [0.2, 0.25) is 0 Å². The van der Waals surface area contributed by atoms with Crippen LogP contribution in [0, 0.1) is 0 Å². The Morgan fingerprint density at radius 2 is 2.50 bits per heavy atom. The van der Waals surface area contributed by atoms with E-state index in [1.165, 1.54) is 0 Å². The van der Waals surface area contributed by atoms with Crippen molar-refractivity contribution in [1.29, 1.82) is 0 Å². The number of hydrogen-bond donors (Lipinski definition) is 0. The number of carbonyl (C=O) groups is 1. The van der Waals surface area contributed by atoms with Crippen LogP contribution in [0.1, 0.15) is 6.42 Å². The van der Waals surface area contributed by atoms with E-state index in [9.17, 15) is 4.79 Å². The first-order chi connectivity index (χ1) is 2.93. The van der Waals surface area contributed by atoms with Crippen molar-refractivity contribution < 1.29 is 9.53 Å². The SMILES string of the molecule is O=C[C@H]1CCO1. The first-order valence-electron chi connectivity index (χ1n) is 2.00. The predicted molar refractivity (Wildman–Crippen MR) is 20.4 cm³/mol. The minimum atomic E-state index is -0.0648. The lowest BCUT2D eigenvalue weighted by molar-refractivity contribution is -0.129. The molecule has 1 fully saturated rings. The zero-order chi connectivity index (χ0) is 4.41. The molecule has 0 aliphatic carbocycles. The molecule has 0 bridgehead atoms. The molecule has 0 N–H and O–H groups in total. The molecule has 0 spiro atoms. The third-order valence-electron chi connectivity index (χ3n) is 0.886. The van der Waals surface area contributed by atoms with Crippen molar-refractivity contribution in [3.05, 3.63) is 0 Å². The molecule has 0 amide bonds. The Kier molecular flexibility index (Phi) is 0.881. The van der Waals surface area contributed by atoms with E-state index >= 15 is 0 Å². The lowest BCUT2D eigenvalue weighted by Crippen LogP contribution is -2.27. The highest BCUT2D eigenvalue weighted by atomic mass is 16.5. The largest absolute Gasteiger partial charge is 0.371 e. The van der Waals surface area contributed by atoms with Gasteiger partial charge in [-0.1, -0.05) is 0 Å². The lowest BCUT2D eigenvalue weighted by atomic mass is 10.2. The van der Waals surface area contributed by atoms with Gasteiger partial charge >= 0.3 is 0 Å². The van der Waals surface area contributed by atoms with Crippen LogP contribution in [0.5, 0.6) is 0 Å². The van der Waals surface area contributed by atoms with E-state index in [1.54, 1.807) is 0 Å². The fraction of sp³-hybridized carbons (Fsp3) is 0.750. The minimum absolute atomic E-state index is 0.0648. The van der Waals surface area contributed by atoms with Gasteiger partial charge in [0, 0.05) is 6.42 Å². The van der Waals surface area contributed by atoms with Crippen LogP contribution in [0.15, 0.2) is 0 Å². The van der Waals surface area contributed by atoms with Crippen LogP contribution in [-0.2, 0) is 9.53 Å². The molecule has 0 radical (unpaired) electrons. The quantitative estimate of drug-likeness (QED) is 0.419. The van der Waals surface area contributed by atoms with E-state index in [0.717, 1.165) is 19.3 Å². The van der Waals surface area contributed by atoms with E-state index < -0.39 is 0 Å². The number of rotatable bonds is 1. The molecule has 1 aliphatic rings. The highest BCUT2D eigenvalue weighted by molar-refractivity contribution is 5.56. The van der Waals surface area contributed by atoms with Crippen molar-refractivity contribution in [1.82, 2.24) is 0 Å². The topological polar surface area (TPSA) is 26.3 Å². The molecule has 1 saturated heterocycles. The van der Waals surface area contributed by atoms with Crippen molar-refractivity contribution in [2.24, 2.45) is 0 Å². The first kappa shape index (κ1) is 3.81. The number of ether oxygens (including phenoxy) is 1. The summed E-state index contributed by atoms with van der Waals surface area (Å²) in [6.07, 6.45) is 1.69. The average molecular weight is 86.1 g/mol. The molecule has 0 aromatic carbocycles. The Balaban J connectivity index is 2.16. The zero-order valence-electron chi connectivity index (χ0n) is 3.39. The Morgan fingerprint density at radius 1 is 1.83 bits per heavy atom. The van der Waals surface area contributed by atoms with Crippen molar-refractivity contribution in [3.8, 4) is 0 Å². The van der Waals surface area contributed by atoms with Crippen LogP contribution in [-0.4, -0.2) is 19.0 Å². The van der Waals surface area contributed by atoms with Gasteiger partial charge in [-0.2, -0.15) is 0 Å². The second-order valence-corrected chi connectivity index (χ2v) is 1.33. The van der Waals surface area contributed by atoms with Crippen molar-refractivity contribution >= 4 is 6.29 Å². The molecule has 1 atom stereocenters. The van der Waals surface area contributed by atoms with Gasteiger partial charge in [0.2, 0.25) is 0 Å². The van der Waals surface area contributed by atoms with Gasteiger partial charge in [-0.3, -0.25) is 0 Å². The molecule has 1 aliphatic heterocycles. The van der Waals surface area contributed by atoms with E-state index in [2.05, 4.69) is 0 Å². The maximum Gasteiger partial charge on any atom is 0.148 e. The molecule has 1 rings (SSSR count). The summed E-state index contributed by atoms with van der Waals surface area (Å²) in [7, 11) is 0. The molecular weight excluding hydrogens is 80.0 g/mol. The van der Waals surface area contributed by atoms with Crippen LogP contribution in [0.25, 0.3) is 0 Å². The summed E-state index contributed by atoms with van der Waals surface area (Å²) in [6.45, 7) is 0.767. The molecule has 6 heavy (non-hydrogen) atoms. The summed E-state index contributed by atoms with van der Waals surface area (Å²) in [4.78, 5) is 9.66. The highest BCUT2D eigenvalue weighted by Gasteiger charge is 2.15. The second kappa shape index (κ2) is 1.39. The summed E-state index contributed by atoms with van der Waals surface area (Å²) in [6, 6.07) is 0. The van der Waals surface area contributed by atoms with Gasteiger partial charge in [0.15, 0.2) is 0 Å². The third kappa shape index (κ3) is 0.431. The number of carbonyl (C=O) groups excluding carboxylic acids is 1. The fourth-order valence-electron chi connectivity index (χ4n) is 0.361. The van der Waals surface area contributed by atoms with Crippen molar-refractivity contribution in [2.75, 3.05) is 6.61 Å². The van der Waals surface area contributed by atoms with Crippen LogP contribution < -0.4 is 0 Å². The van der Waals surface area contributed by atoms with Gasteiger partial charge < -0.3 is 9.53 Å². The fourth-order valence-corrected chi connectivity index (χ4v) is 0.361. The van der Waals surface area contributed by atoms with Crippen LogP contribution in [0.3, 0.4) is 0 Å². The van der Waals surface area contributed by atoms with Crippen LogP contribution in [0.4, 0.5) is 0 Å². The van der Waals surface area contributed by atoms with Gasteiger partial charge in [0.25, 0.3) is 0 Å². The molecule has 2 nitrogen and oxygen atoms in total. The zero-order valence-corrected chi connectivity index (χ0v) is 3.39. The van der Waals surface area contributed by atoms with Gasteiger partial charge in [-0.05, 0) is 0 Å². The smallest absolute Gasteiger partial charge is 0.148 e. The minimum Gasteiger partial charge on any atom is -0.371 e. The predicted octanol–water partition coefficient (Wildman–Crippen LogP) is -0.0258. The van der Waals surface area contributed by atoms with Crippen LogP contribution >= 0.6 is 0 Å². The van der Waals surface area contributed by atoms with Crippen molar-refractivity contribution in [2.45, 2.75) is 12.5 Å². The van der Waals surface area contributed by atoms with E-state index in [1.807, 2.05) is 0 Å². The molecule has 2 heteroatoms.